The smallest absolute Gasteiger partial charge is 0.0708 e. The second kappa shape index (κ2) is 7.05. The minimum absolute atomic E-state index is 0.292. The molecule has 0 aromatic rings. The molecule has 3 nitrogen and oxygen atoms in total. The zero-order chi connectivity index (χ0) is 13.7. The molecule has 19 heavy (non-hydrogen) atoms. The standard InChI is InChI=1S/C16H32N2O/c1-4-14(2)18(3)12-11-17-13-15-7-10-16(19-15)8-5-6-9-16/h14-15,17H,4-13H2,1-3H3. The average Bonchev–Trinajstić information content (AvgIpc) is 3.04. The van der Waals surface area contributed by atoms with E-state index in [4.69, 9.17) is 4.74 Å². The Bertz CT molecular complexity index is 263. The Hall–Kier alpha value is -0.120. The predicted octanol–water partition coefficient (Wildman–Crippen LogP) is 2.80. The molecule has 0 radical (unpaired) electrons. The van der Waals surface area contributed by atoms with Gasteiger partial charge in [-0.05, 0) is 46.1 Å². The van der Waals surface area contributed by atoms with Crippen molar-refractivity contribution in [1.29, 1.82) is 0 Å². The van der Waals surface area contributed by atoms with Crippen molar-refractivity contribution in [3.8, 4) is 0 Å². The maximum Gasteiger partial charge on any atom is 0.0708 e. The highest BCUT2D eigenvalue weighted by Crippen LogP contribution is 2.43. The van der Waals surface area contributed by atoms with Crippen LogP contribution in [0, 0.1) is 0 Å². The van der Waals surface area contributed by atoms with Gasteiger partial charge < -0.3 is 15.0 Å². The lowest BCUT2D eigenvalue weighted by Gasteiger charge is -2.25. The van der Waals surface area contributed by atoms with Crippen molar-refractivity contribution < 1.29 is 4.74 Å². The molecule has 0 amide bonds. The average molecular weight is 268 g/mol. The zero-order valence-corrected chi connectivity index (χ0v) is 13.1. The van der Waals surface area contributed by atoms with E-state index in [1.807, 2.05) is 0 Å². The Labute approximate surface area is 119 Å². The van der Waals surface area contributed by atoms with Gasteiger partial charge in [0.15, 0.2) is 0 Å². The molecule has 2 rings (SSSR count). The molecule has 1 aliphatic carbocycles. The molecule has 112 valence electrons. The summed E-state index contributed by atoms with van der Waals surface area (Å²) in [6.07, 6.45) is 9.61. The van der Waals surface area contributed by atoms with Crippen molar-refractivity contribution >= 4 is 0 Å². The number of rotatable bonds is 7. The second-order valence-electron chi connectivity index (χ2n) is 6.61. The Kier molecular flexibility index (Phi) is 5.67. The lowest BCUT2D eigenvalue weighted by Crippen LogP contribution is -2.38. The van der Waals surface area contributed by atoms with E-state index in [-0.39, 0.29) is 0 Å². The molecule has 1 N–H and O–H groups in total. The molecule has 2 unspecified atom stereocenters. The van der Waals surface area contributed by atoms with Crippen molar-refractivity contribution in [2.45, 2.75) is 76.5 Å². The Balaban J connectivity index is 1.57. The van der Waals surface area contributed by atoms with E-state index in [1.54, 1.807) is 0 Å². The number of nitrogens with zero attached hydrogens (tertiary/aromatic N) is 1. The van der Waals surface area contributed by atoms with Gasteiger partial charge in [0, 0.05) is 25.7 Å². The molecule has 0 aromatic carbocycles. The second-order valence-corrected chi connectivity index (χ2v) is 6.61. The molecule has 1 saturated carbocycles. The molecule has 1 heterocycles. The van der Waals surface area contributed by atoms with E-state index in [0.29, 0.717) is 17.7 Å². The third-order valence-electron chi connectivity index (χ3n) is 5.21. The molecule has 3 heteroatoms. The van der Waals surface area contributed by atoms with Crippen molar-refractivity contribution in [3.05, 3.63) is 0 Å². The Morgan fingerprint density at radius 3 is 2.74 bits per heavy atom. The van der Waals surface area contributed by atoms with Crippen LogP contribution in [0.5, 0.6) is 0 Å². The third-order valence-corrected chi connectivity index (χ3v) is 5.21. The first kappa shape index (κ1) is 15.3. The van der Waals surface area contributed by atoms with Crippen LogP contribution in [0.3, 0.4) is 0 Å². The summed E-state index contributed by atoms with van der Waals surface area (Å²) < 4.78 is 6.31. The molecule has 0 bridgehead atoms. The number of ether oxygens (including phenoxy) is 1. The van der Waals surface area contributed by atoms with Crippen molar-refractivity contribution in [3.63, 3.8) is 0 Å². The van der Waals surface area contributed by atoms with Crippen LogP contribution in [-0.2, 0) is 4.74 Å². The van der Waals surface area contributed by atoms with E-state index in [2.05, 4.69) is 31.1 Å². The molecule has 1 aliphatic heterocycles. The fourth-order valence-electron chi connectivity index (χ4n) is 3.48. The van der Waals surface area contributed by atoms with Gasteiger partial charge in [0.05, 0.1) is 11.7 Å². The van der Waals surface area contributed by atoms with Gasteiger partial charge in [-0.25, -0.2) is 0 Å². The van der Waals surface area contributed by atoms with Gasteiger partial charge in [-0.2, -0.15) is 0 Å². The van der Waals surface area contributed by atoms with Crippen molar-refractivity contribution in [2.75, 3.05) is 26.7 Å². The van der Waals surface area contributed by atoms with Crippen LogP contribution in [0.4, 0.5) is 0 Å². The normalized spacial score (nSPS) is 27.5. The number of hydrogen-bond acceptors (Lipinski definition) is 3. The molecule has 0 aromatic heterocycles. The topological polar surface area (TPSA) is 24.5 Å². The summed E-state index contributed by atoms with van der Waals surface area (Å²) in [4.78, 5) is 2.43. The van der Waals surface area contributed by atoms with Gasteiger partial charge in [0.25, 0.3) is 0 Å². The molecule has 2 aliphatic rings. The van der Waals surface area contributed by atoms with Crippen LogP contribution in [0.1, 0.15) is 58.8 Å². The first-order chi connectivity index (χ1) is 9.15. The molecular formula is C16H32N2O. The van der Waals surface area contributed by atoms with Gasteiger partial charge in [-0.3, -0.25) is 0 Å². The van der Waals surface area contributed by atoms with Crippen LogP contribution in [0.25, 0.3) is 0 Å². The third kappa shape index (κ3) is 4.17. The fourth-order valence-corrected chi connectivity index (χ4v) is 3.48. The fraction of sp³-hybridized carbons (Fsp3) is 1.00. The van der Waals surface area contributed by atoms with Gasteiger partial charge in [0.1, 0.15) is 0 Å². The number of hydrogen-bond donors (Lipinski definition) is 1. The predicted molar refractivity (Wildman–Crippen MR) is 80.6 cm³/mol. The van der Waals surface area contributed by atoms with Crippen LogP contribution < -0.4 is 5.32 Å². The van der Waals surface area contributed by atoms with E-state index in [1.165, 1.54) is 44.9 Å². The summed E-state index contributed by atoms with van der Waals surface area (Å²) in [7, 11) is 2.22. The SMILES string of the molecule is CCC(C)N(C)CCNCC1CCC2(CCCC2)O1. The quantitative estimate of drug-likeness (QED) is 0.719. The molecule has 2 atom stereocenters. The van der Waals surface area contributed by atoms with Gasteiger partial charge >= 0.3 is 0 Å². The Morgan fingerprint density at radius 1 is 1.32 bits per heavy atom. The highest BCUT2D eigenvalue weighted by Gasteiger charge is 2.41. The first-order valence-corrected chi connectivity index (χ1v) is 8.24. The largest absolute Gasteiger partial charge is 0.370 e. The van der Waals surface area contributed by atoms with Gasteiger partial charge in [-0.15, -0.1) is 0 Å². The monoisotopic (exact) mass is 268 g/mol. The van der Waals surface area contributed by atoms with Crippen molar-refractivity contribution in [2.24, 2.45) is 0 Å². The van der Waals surface area contributed by atoms with Crippen molar-refractivity contribution in [1.82, 2.24) is 10.2 Å². The highest BCUT2D eigenvalue weighted by atomic mass is 16.5. The minimum Gasteiger partial charge on any atom is -0.370 e. The van der Waals surface area contributed by atoms with E-state index in [9.17, 15) is 0 Å². The van der Waals surface area contributed by atoms with Gasteiger partial charge in [0.2, 0.25) is 0 Å². The summed E-state index contributed by atoms with van der Waals surface area (Å²) in [5.41, 5.74) is 0.292. The highest BCUT2D eigenvalue weighted by molar-refractivity contribution is 4.93. The maximum absolute atomic E-state index is 6.31. The summed E-state index contributed by atoms with van der Waals surface area (Å²) in [5, 5.41) is 3.58. The van der Waals surface area contributed by atoms with E-state index in [0.717, 1.165) is 19.6 Å². The van der Waals surface area contributed by atoms with Crippen LogP contribution in [0.15, 0.2) is 0 Å². The summed E-state index contributed by atoms with van der Waals surface area (Å²) in [5.74, 6) is 0. The zero-order valence-electron chi connectivity index (χ0n) is 13.1. The minimum atomic E-state index is 0.292. The van der Waals surface area contributed by atoms with Gasteiger partial charge in [-0.1, -0.05) is 19.8 Å². The van der Waals surface area contributed by atoms with E-state index < -0.39 is 0 Å². The Morgan fingerprint density at radius 2 is 2.05 bits per heavy atom. The summed E-state index contributed by atoms with van der Waals surface area (Å²) in [6.45, 7) is 7.79. The van der Waals surface area contributed by atoms with Crippen LogP contribution in [-0.4, -0.2) is 49.3 Å². The lowest BCUT2D eigenvalue weighted by atomic mass is 9.98. The van der Waals surface area contributed by atoms with E-state index >= 15 is 0 Å². The molecular weight excluding hydrogens is 236 g/mol. The summed E-state index contributed by atoms with van der Waals surface area (Å²) in [6, 6.07) is 0.686. The summed E-state index contributed by atoms with van der Waals surface area (Å²) >= 11 is 0. The lowest BCUT2D eigenvalue weighted by molar-refractivity contribution is -0.0351. The number of likely N-dealkylation sites (N-methyl/N-ethyl adjacent to an activating group) is 1. The maximum atomic E-state index is 6.31. The van der Waals surface area contributed by atoms with Crippen LogP contribution >= 0.6 is 0 Å². The molecule has 1 spiro atoms. The molecule has 1 saturated heterocycles. The molecule has 2 fully saturated rings. The number of nitrogens with one attached hydrogen (secondary N) is 1. The first-order valence-electron chi connectivity index (χ1n) is 8.24. The van der Waals surface area contributed by atoms with Crippen LogP contribution in [0.2, 0.25) is 0 Å².